The molecular weight excluding hydrogens is 378 g/mol. The van der Waals surface area contributed by atoms with Gasteiger partial charge in [0.25, 0.3) is 0 Å². The van der Waals surface area contributed by atoms with Gasteiger partial charge in [-0.05, 0) is 35.4 Å². The van der Waals surface area contributed by atoms with Gasteiger partial charge in [-0.3, -0.25) is 9.59 Å². The van der Waals surface area contributed by atoms with Crippen molar-refractivity contribution in [3.05, 3.63) is 96.1 Å². The molecule has 0 aliphatic carbocycles. The number of carbonyl (C=O) groups is 2. The molecule has 154 valence electrons. The van der Waals surface area contributed by atoms with E-state index >= 15 is 0 Å². The first-order valence-electron chi connectivity index (χ1n) is 9.83. The minimum atomic E-state index is -0.688. The third-order valence-corrected chi connectivity index (χ3v) is 4.44. The lowest BCUT2D eigenvalue weighted by molar-refractivity contribution is -0.128. The maximum Gasteiger partial charge on any atom is 0.217 e. The number of rotatable bonds is 10. The van der Waals surface area contributed by atoms with E-state index in [1.807, 2.05) is 84.9 Å². The van der Waals surface area contributed by atoms with Crippen LogP contribution in [0.5, 0.6) is 11.5 Å². The highest BCUT2D eigenvalue weighted by atomic mass is 16.5. The third kappa shape index (κ3) is 6.87. The summed E-state index contributed by atoms with van der Waals surface area (Å²) in [5.74, 6) is 1.09. The molecule has 3 rings (SSSR count). The highest BCUT2D eigenvalue weighted by Gasteiger charge is 2.20. The lowest BCUT2D eigenvalue weighted by Gasteiger charge is -2.17. The third-order valence-electron chi connectivity index (χ3n) is 4.44. The molecule has 0 spiro atoms. The minimum Gasteiger partial charge on any atom is -0.457 e. The fraction of sp³-hybridized carbons (Fsp3) is 0.200. The Morgan fingerprint density at radius 2 is 1.40 bits per heavy atom. The molecule has 0 bridgehead atoms. The van der Waals surface area contributed by atoms with E-state index in [2.05, 4.69) is 5.32 Å². The molecule has 1 unspecified atom stereocenters. The number of carbonyl (C=O) groups excluding carboxylic acids is 2. The SMILES string of the molecule is CC(=O)NC(COCc1ccccc1)C(=O)Cc1ccc(Oc2ccccc2)cc1. The van der Waals surface area contributed by atoms with E-state index in [0.717, 1.165) is 16.9 Å². The van der Waals surface area contributed by atoms with Crippen LogP contribution in [0.25, 0.3) is 0 Å². The van der Waals surface area contributed by atoms with Crippen LogP contribution in [0.3, 0.4) is 0 Å². The maximum atomic E-state index is 12.7. The van der Waals surface area contributed by atoms with E-state index in [0.29, 0.717) is 12.4 Å². The van der Waals surface area contributed by atoms with E-state index in [9.17, 15) is 9.59 Å². The van der Waals surface area contributed by atoms with Gasteiger partial charge >= 0.3 is 0 Å². The number of amides is 1. The Morgan fingerprint density at radius 3 is 2.03 bits per heavy atom. The van der Waals surface area contributed by atoms with Gasteiger partial charge < -0.3 is 14.8 Å². The average molecular weight is 403 g/mol. The van der Waals surface area contributed by atoms with Gasteiger partial charge in [-0.25, -0.2) is 0 Å². The van der Waals surface area contributed by atoms with Gasteiger partial charge in [-0.2, -0.15) is 0 Å². The predicted molar refractivity (Wildman–Crippen MR) is 115 cm³/mol. The number of para-hydroxylation sites is 1. The highest BCUT2D eigenvalue weighted by molar-refractivity contribution is 5.90. The Kier molecular flexibility index (Phi) is 7.75. The zero-order valence-electron chi connectivity index (χ0n) is 16.9. The highest BCUT2D eigenvalue weighted by Crippen LogP contribution is 2.21. The van der Waals surface area contributed by atoms with Crippen LogP contribution in [0.1, 0.15) is 18.1 Å². The second kappa shape index (κ2) is 10.9. The van der Waals surface area contributed by atoms with Crippen LogP contribution in [-0.2, 0) is 27.4 Å². The molecule has 1 N–H and O–H groups in total. The summed E-state index contributed by atoms with van der Waals surface area (Å²) in [5.41, 5.74) is 1.86. The standard InChI is InChI=1S/C25H25NO4/c1-19(27)26-24(18-29-17-21-8-4-2-5-9-21)25(28)16-20-12-14-23(15-13-20)30-22-10-6-3-7-11-22/h2-15,24H,16-18H2,1H3,(H,26,27). The molecule has 3 aromatic rings. The second-order valence-corrected chi connectivity index (χ2v) is 6.96. The first-order chi connectivity index (χ1) is 14.6. The predicted octanol–water partition coefficient (Wildman–Crippen LogP) is 4.31. The fourth-order valence-electron chi connectivity index (χ4n) is 2.95. The Labute approximate surface area is 176 Å². The Balaban J connectivity index is 1.55. The quantitative estimate of drug-likeness (QED) is 0.548. The van der Waals surface area contributed by atoms with Crippen molar-refractivity contribution in [1.82, 2.24) is 5.32 Å². The van der Waals surface area contributed by atoms with E-state index in [-0.39, 0.29) is 24.7 Å². The molecule has 0 heterocycles. The van der Waals surface area contributed by atoms with Crippen LogP contribution in [0.15, 0.2) is 84.9 Å². The second-order valence-electron chi connectivity index (χ2n) is 6.96. The van der Waals surface area contributed by atoms with Gasteiger partial charge in [0, 0.05) is 13.3 Å². The first-order valence-corrected chi connectivity index (χ1v) is 9.83. The van der Waals surface area contributed by atoms with Crippen LogP contribution in [0.4, 0.5) is 0 Å². The zero-order valence-corrected chi connectivity index (χ0v) is 16.9. The van der Waals surface area contributed by atoms with Gasteiger partial charge in [0.2, 0.25) is 5.91 Å². The summed E-state index contributed by atoms with van der Waals surface area (Å²) in [6.45, 7) is 1.91. The Bertz CT molecular complexity index is 940. The topological polar surface area (TPSA) is 64.6 Å². The lowest BCUT2D eigenvalue weighted by atomic mass is 10.0. The van der Waals surface area contributed by atoms with Crippen molar-refractivity contribution in [3.63, 3.8) is 0 Å². The van der Waals surface area contributed by atoms with Gasteiger partial charge in [0.05, 0.1) is 13.2 Å². The van der Waals surface area contributed by atoms with Gasteiger partial charge in [-0.15, -0.1) is 0 Å². The monoisotopic (exact) mass is 403 g/mol. The number of nitrogens with one attached hydrogen (secondary N) is 1. The van der Waals surface area contributed by atoms with Crippen LogP contribution in [-0.4, -0.2) is 24.3 Å². The molecule has 0 fully saturated rings. The molecule has 30 heavy (non-hydrogen) atoms. The molecule has 0 aliphatic heterocycles. The van der Waals surface area contributed by atoms with Crippen LogP contribution in [0.2, 0.25) is 0 Å². The summed E-state index contributed by atoms with van der Waals surface area (Å²) in [6.07, 6.45) is 0.200. The van der Waals surface area contributed by atoms with Gasteiger partial charge in [0.1, 0.15) is 17.5 Å². The van der Waals surface area contributed by atoms with E-state index < -0.39 is 6.04 Å². The van der Waals surface area contributed by atoms with Crippen molar-refractivity contribution in [1.29, 1.82) is 0 Å². The molecule has 1 amide bonds. The Morgan fingerprint density at radius 1 is 0.800 bits per heavy atom. The molecule has 5 nitrogen and oxygen atoms in total. The van der Waals surface area contributed by atoms with Crippen LogP contribution in [0, 0.1) is 0 Å². The number of ether oxygens (including phenoxy) is 2. The van der Waals surface area contributed by atoms with Crippen molar-refractivity contribution in [2.75, 3.05) is 6.61 Å². The van der Waals surface area contributed by atoms with Crippen LogP contribution >= 0.6 is 0 Å². The van der Waals surface area contributed by atoms with Crippen molar-refractivity contribution < 1.29 is 19.1 Å². The van der Waals surface area contributed by atoms with Crippen molar-refractivity contribution in [2.45, 2.75) is 26.0 Å². The number of Topliss-reactive ketones (excluding diaryl/α,β-unsaturated/α-hetero) is 1. The molecule has 0 aliphatic rings. The average Bonchev–Trinajstić information content (AvgIpc) is 2.75. The summed E-state index contributed by atoms with van der Waals surface area (Å²) in [6, 6.07) is 25.9. The first kappa shape index (κ1) is 21.3. The molecule has 0 radical (unpaired) electrons. The molecule has 0 saturated carbocycles. The summed E-state index contributed by atoms with van der Waals surface area (Å²) >= 11 is 0. The molecule has 5 heteroatoms. The van der Waals surface area contributed by atoms with Crippen molar-refractivity contribution in [2.24, 2.45) is 0 Å². The number of hydrogen-bond donors (Lipinski definition) is 1. The normalized spacial score (nSPS) is 11.5. The number of hydrogen-bond acceptors (Lipinski definition) is 4. The molecule has 1 atom stereocenters. The summed E-state index contributed by atoms with van der Waals surface area (Å²) in [5, 5.41) is 2.69. The van der Waals surface area contributed by atoms with Crippen molar-refractivity contribution in [3.8, 4) is 11.5 Å². The molecule has 3 aromatic carbocycles. The fourth-order valence-corrected chi connectivity index (χ4v) is 2.95. The van der Waals surface area contributed by atoms with E-state index in [4.69, 9.17) is 9.47 Å². The summed E-state index contributed by atoms with van der Waals surface area (Å²) in [7, 11) is 0. The Hall–Kier alpha value is -3.44. The molecule has 0 saturated heterocycles. The van der Waals surface area contributed by atoms with Gasteiger partial charge in [-0.1, -0.05) is 60.7 Å². The lowest BCUT2D eigenvalue weighted by Crippen LogP contribution is -2.43. The largest absolute Gasteiger partial charge is 0.457 e. The van der Waals surface area contributed by atoms with Gasteiger partial charge in [0.15, 0.2) is 5.78 Å². The summed E-state index contributed by atoms with van der Waals surface area (Å²) < 4.78 is 11.4. The number of benzene rings is 3. The van der Waals surface area contributed by atoms with Crippen molar-refractivity contribution >= 4 is 11.7 Å². The van der Waals surface area contributed by atoms with Crippen LogP contribution < -0.4 is 10.1 Å². The molecular formula is C25H25NO4. The van der Waals surface area contributed by atoms with E-state index in [1.165, 1.54) is 6.92 Å². The summed E-state index contributed by atoms with van der Waals surface area (Å²) in [4.78, 5) is 24.3. The smallest absolute Gasteiger partial charge is 0.217 e. The zero-order chi connectivity index (χ0) is 21.2. The maximum absolute atomic E-state index is 12.7. The minimum absolute atomic E-state index is 0.102. The molecule has 0 aromatic heterocycles. The van der Waals surface area contributed by atoms with E-state index in [1.54, 1.807) is 0 Å². The number of ketones is 1.